The van der Waals surface area contributed by atoms with Gasteiger partial charge in [0.1, 0.15) is 12.2 Å². The molecule has 0 saturated heterocycles. The quantitative estimate of drug-likeness (QED) is 0.611. The van der Waals surface area contributed by atoms with Gasteiger partial charge in [0.2, 0.25) is 0 Å². The third kappa shape index (κ3) is 3.43. The van der Waals surface area contributed by atoms with E-state index in [4.69, 9.17) is 28.3 Å². The fraction of sp³-hybridized carbons (Fsp3) is 0.100. The van der Waals surface area contributed by atoms with E-state index in [2.05, 4.69) is 11.8 Å². The van der Waals surface area contributed by atoms with E-state index in [-0.39, 0.29) is 22.0 Å². The first-order valence-corrected chi connectivity index (χ1v) is 4.61. The molecule has 0 aliphatic heterocycles. The lowest BCUT2D eigenvalue weighted by molar-refractivity contribution is -0.135. The Kier molecular flexibility index (Phi) is 3.96. The average molecular weight is 247 g/mol. The summed E-state index contributed by atoms with van der Waals surface area (Å²) < 4.78 is 13.0. The minimum Gasteiger partial charge on any atom is -0.481 e. The van der Waals surface area contributed by atoms with E-state index in [1.165, 1.54) is 6.07 Å². The second-order valence-electron chi connectivity index (χ2n) is 2.62. The van der Waals surface area contributed by atoms with Crippen LogP contribution in [0.4, 0.5) is 4.39 Å². The van der Waals surface area contributed by atoms with Gasteiger partial charge in [0.15, 0.2) is 0 Å². The van der Waals surface area contributed by atoms with E-state index >= 15 is 0 Å². The van der Waals surface area contributed by atoms with Gasteiger partial charge in [-0.3, -0.25) is 4.79 Å². The molecular weight excluding hydrogens is 242 g/mol. The standard InChI is InChI=1S/C10H5Cl2FO2/c11-7-4-6(2-1-3-9(14)15)10(12)8(13)5-7/h4-5H,3H2,(H,14,15). The number of benzene rings is 1. The summed E-state index contributed by atoms with van der Waals surface area (Å²) in [6.45, 7) is 0. The third-order valence-electron chi connectivity index (χ3n) is 1.46. The highest BCUT2D eigenvalue weighted by Gasteiger charge is 2.06. The fourth-order valence-electron chi connectivity index (χ4n) is 0.862. The predicted molar refractivity (Wildman–Crippen MR) is 55.6 cm³/mol. The van der Waals surface area contributed by atoms with Crippen molar-refractivity contribution in [3.05, 3.63) is 33.6 Å². The summed E-state index contributed by atoms with van der Waals surface area (Å²) in [4.78, 5) is 10.2. The molecule has 0 spiro atoms. The molecule has 15 heavy (non-hydrogen) atoms. The number of carboxylic acid groups (broad SMARTS) is 1. The Labute approximate surface area is 95.6 Å². The van der Waals surface area contributed by atoms with Crippen molar-refractivity contribution in [2.45, 2.75) is 6.42 Å². The molecule has 0 aliphatic carbocycles. The molecule has 5 heteroatoms. The summed E-state index contributed by atoms with van der Waals surface area (Å²) in [5.41, 5.74) is 0.183. The van der Waals surface area contributed by atoms with Crippen LogP contribution >= 0.6 is 23.2 Å². The molecule has 0 unspecified atom stereocenters. The maximum atomic E-state index is 13.0. The van der Waals surface area contributed by atoms with Gasteiger partial charge in [-0.05, 0) is 12.1 Å². The van der Waals surface area contributed by atoms with E-state index in [0.717, 1.165) is 6.07 Å². The Morgan fingerprint density at radius 3 is 2.73 bits per heavy atom. The Morgan fingerprint density at radius 2 is 2.13 bits per heavy atom. The molecule has 0 aliphatic rings. The van der Waals surface area contributed by atoms with E-state index in [1.54, 1.807) is 0 Å². The van der Waals surface area contributed by atoms with Gasteiger partial charge in [0, 0.05) is 10.6 Å². The van der Waals surface area contributed by atoms with Crippen molar-refractivity contribution < 1.29 is 14.3 Å². The van der Waals surface area contributed by atoms with Crippen LogP contribution in [0.15, 0.2) is 12.1 Å². The van der Waals surface area contributed by atoms with Crippen LogP contribution in [-0.4, -0.2) is 11.1 Å². The van der Waals surface area contributed by atoms with Gasteiger partial charge < -0.3 is 5.11 Å². The van der Waals surface area contributed by atoms with Crippen molar-refractivity contribution in [3.63, 3.8) is 0 Å². The summed E-state index contributed by atoms with van der Waals surface area (Å²) in [5.74, 6) is 3.04. The number of hydrogen-bond donors (Lipinski definition) is 1. The summed E-state index contributed by atoms with van der Waals surface area (Å²) in [7, 11) is 0. The summed E-state index contributed by atoms with van der Waals surface area (Å²) in [6, 6.07) is 2.44. The molecule has 0 atom stereocenters. The smallest absolute Gasteiger partial charge is 0.315 e. The van der Waals surface area contributed by atoms with Gasteiger partial charge in [-0.15, -0.1) is 0 Å². The first-order valence-electron chi connectivity index (χ1n) is 3.86. The maximum Gasteiger partial charge on any atom is 0.315 e. The lowest BCUT2D eigenvalue weighted by Crippen LogP contribution is -1.90. The van der Waals surface area contributed by atoms with Gasteiger partial charge in [0.05, 0.1) is 5.02 Å². The molecule has 1 N–H and O–H groups in total. The first-order chi connectivity index (χ1) is 7.00. The molecular formula is C10H5Cl2FO2. The van der Waals surface area contributed by atoms with E-state index in [9.17, 15) is 9.18 Å². The van der Waals surface area contributed by atoms with Crippen molar-refractivity contribution in [1.82, 2.24) is 0 Å². The zero-order chi connectivity index (χ0) is 11.4. The molecule has 2 nitrogen and oxygen atoms in total. The normalized spacial score (nSPS) is 9.27. The number of aliphatic carboxylic acids is 1. The minimum atomic E-state index is -1.05. The molecule has 0 saturated carbocycles. The SMILES string of the molecule is O=C(O)CC#Cc1cc(Cl)cc(F)c1Cl. The monoisotopic (exact) mass is 246 g/mol. The highest BCUT2D eigenvalue weighted by Crippen LogP contribution is 2.23. The van der Waals surface area contributed by atoms with Crippen LogP contribution in [0.5, 0.6) is 0 Å². The molecule has 1 rings (SSSR count). The first kappa shape index (κ1) is 11.8. The Morgan fingerprint density at radius 1 is 1.47 bits per heavy atom. The number of hydrogen-bond acceptors (Lipinski definition) is 1. The number of carbonyl (C=O) groups is 1. The van der Waals surface area contributed by atoms with Crippen molar-refractivity contribution in [3.8, 4) is 11.8 Å². The fourth-order valence-corrected chi connectivity index (χ4v) is 1.22. The van der Waals surface area contributed by atoms with Crippen molar-refractivity contribution >= 4 is 29.2 Å². The molecule has 78 valence electrons. The van der Waals surface area contributed by atoms with Gasteiger partial charge in [-0.25, -0.2) is 4.39 Å². The van der Waals surface area contributed by atoms with Gasteiger partial charge in [-0.2, -0.15) is 0 Å². The van der Waals surface area contributed by atoms with Crippen LogP contribution in [-0.2, 0) is 4.79 Å². The average Bonchev–Trinajstić information content (AvgIpc) is 2.12. The molecule has 0 radical (unpaired) electrons. The van der Waals surface area contributed by atoms with Crippen LogP contribution in [0.2, 0.25) is 10.0 Å². The van der Waals surface area contributed by atoms with Crippen LogP contribution in [0.1, 0.15) is 12.0 Å². The summed E-state index contributed by atoms with van der Waals surface area (Å²) >= 11 is 11.2. The van der Waals surface area contributed by atoms with Gasteiger partial charge in [0.25, 0.3) is 0 Å². The largest absolute Gasteiger partial charge is 0.481 e. The Hall–Kier alpha value is -1.24. The van der Waals surface area contributed by atoms with Crippen LogP contribution in [0, 0.1) is 17.7 Å². The number of rotatable bonds is 1. The van der Waals surface area contributed by atoms with Gasteiger partial charge >= 0.3 is 5.97 Å². The molecule has 0 bridgehead atoms. The number of carboxylic acids is 1. The predicted octanol–water partition coefficient (Wildman–Crippen LogP) is 2.96. The molecule has 1 aromatic carbocycles. The zero-order valence-electron chi connectivity index (χ0n) is 7.35. The minimum absolute atomic E-state index is 0.155. The molecule has 1 aromatic rings. The van der Waals surface area contributed by atoms with E-state index in [0.29, 0.717) is 0 Å². The lowest BCUT2D eigenvalue weighted by Gasteiger charge is -1.98. The molecule has 0 amide bonds. The lowest BCUT2D eigenvalue weighted by atomic mass is 10.2. The molecule has 0 aromatic heterocycles. The Bertz CT molecular complexity index is 460. The second kappa shape index (κ2) is 5.01. The highest BCUT2D eigenvalue weighted by molar-refractivity contribution is 6.34. The second-order valence-corrected chi connectivity index (χ2v) is 3.44. The molecule has 0 fully saturated rings. The van der Waals surface area contributed by atoms with Crippen molar-refractivity contribution in [2.24, 2.45) is 0 Å². The van der Waals surface area contributed by atoms with Crippen molar-refractivity contribution in [1.29, 1.82) is 0 Å². The van der Waals surface area contributed by atoms with Crippen LogP contribution < -0.4 is 0 Å². The van der Waals surface area contributed by atoms with E-state index < -0.39 is 11.8 Å². The summed E-state index contributed by atoms with van der Waals surface area (Å²) in [6.07, 6.45) is -0.329. The molecule has 0 heterocycles. The van der Waals surface area contributed by atoms with Gasteiger partial charge in [-0.1, -0.05) is 35.0 Å². The van der Waals surface area contributed by atoms with Crippen LogP contribution in [0.3, 0.4) is 0 Å². The topological polar surface area (TPSA) is 37.3 Å². The third-order valence-corrected chi connectivity index (χ3v) is 2.06. The van der Waals surface area contributed by atoms with Crippen molar-refractivity contribution in [2.75, 3.05) is 0 Å². The maximum absolute atomic E-state index is 13.0. The van der Waals surface area contributed by atoms with E-state index in [1.807, 2.05) is 0 Å². The summed E-state index contributed by atoms with van der Waals surface area (Å²) in [5, 5.41) is 8.34. The highest BCUT2D eigenvalue weighted by atomic mass is 35.5. The zero-order valence-corrected chi connectivity index (χ0v) is 8.86. The van der Waals surface area contributed by atoms with Crippen LogP contribution in [0.25, 0.3) is 0 Å². The Balaban J connectivity index is 3.02. The number of halogens is 3.